The first-order valence-electron chi connectivity index (χ1n) is 5.38. The molecule has 94 valence electrons. The highest BCUT2D eigenvalue weighted by molar-refractivity contribution is 7.80. The Morgan fingerprint density at radius 3 is 3.06 bits per heavy atom. The highest BCUT2D eigenvalue weighted by Gasteiger charge is 2.08. The van der Waals surface area contributed by atoms with Crippen molar-refractivity contribution in [2.75, 3.05) is 11.9 Å². The van der Waals surface area contributed by atoms with Crippen LogP contribution >= 0.6 is 12.2 Å². The van der Waals surface area contributed by atoms with E-state index in [0.717, 1.165) is 10.9 Å². The normalized spacial score (nSPS) is 10.1. The summed E-state index contributed by atoms with van der Waals surface area (Å²) < 4.78 is 4.71. The highest BCUT2D eigenvalue weighted by Crippen LogP contribution is 2.19. The first kappa shape index (κ1) is 12.3. The van der Waals surface area contributed by atoms with Gasteiger partial charge < -0.3 is 10.1 Å². The standard InChI is InChI=1S/C11H12N4O2S/c1-2-17-11(16)13-10(18)12-9-7-5-3-4-6-8(7)14-15-9/h3-6H,2H2,1H3,(H3,12,13,14,15,16,18). The zero-order valence-electron chi connectivity index (χ0n) is 9.69. The maximum atomic E-state index is 11.2. The second kappa shape index (κ2) is 5.46. The number of fused-ring (bicyclic) bond motifs is 1. The van der Waals surface area contributed by atoms with Crippen molar-refractivity contribution in [3.05, 3.63) is 24.3 Å². The minimum Gasteiger partial charge on any atom is -0.450 e. The van der Waals surface area contributed by atoms with Crippen LogP contribution in [-0.4, -0.2) is 28.0 Å². The Morgan fingerprint density at radius 1 is 1.50 bits per heavy atom. The van der Waals surface area contributed by atoms with Gasteiger partial charge in [-0.3, -0.25) is 10.4 Å². The summed E-state index contributed by atoms with van der Waals surface area (Å²) in [6, 6.07) is 7.59. The van der Waals surface area contributed by atoms with Gasteiger partial charge in [0.15, 0.2) is 10.9 Å². The number of ether oxygens (including phenoxy) is 1. The first-order chi connectivity index (χ1) is 8.70. The topological polar surface area (TPSA) is 79.0 Å². The van der Waals surface area contributed by atoms with Gasteiger partial charge >= 0.3 is 6.09 Å². The summed E-state index contributed by atoms with van der Waals surface area (Å²) in [5, 5.41) is 13.2. The molecule has 0 saturated carbocycles. The van der Waals surface area contributed by atoms with Crippen molar-refractivity contribution in [2.45, 2.75) is 6.92 Å². The van der Waals surface area contributed by atoms with E-state index in [-0.39, 0.29) is 5.11 Å². The van der Waals surface area contributed by atoms with Gasteiger partial charge in [-0.2, -0.15) is 5.10 Å². The molecule has 2 rings (SSSR count). The third-order valence-electron chi connectivity index (χ3n) is 2.19. The van der Waals surface area contributed by atoms with Gasteiger partial charge in [-0.05, 0) is 31.3 Å². The maximum absolute atomic E-state index is 11.2. The predicted octanol–water partition coefficient (Wildman–Crippen LogP) is 2.01. The molecule has 1 aromatic heterocycles. The number of aromatic amines is 1. The molecule has 0 radical (unpaired) electrons. The fourth-order valence-electron chi connectivity index (χ4n) is 1.46. The van der Waals surface area contributed by atoms with Gasteiger partial charge in [-0.15, -0.1) is 0 Å². The quantitative estimate of drug-likeness (QED) is 0.723. The van der Waals surface area contributed by atoms with Crippen LogP contribution in [0.25, 0.3) is 10.9 Å². The molecule has 6 nitrogen and oxygen atoms in total. The molecular weight excluding hydrogens is 252 g/mol. The van der Waals surface area contributed by atoms with Crippen molar-refractivity contribution in [1.29, 1.82) is 0 Å². The fraction of sp³-hybridized carbons (Fsp3) is 0.182. The largest absolute Gasteiger partial charge is 0.450 e. The lowest BCUT2D eigenvalue weighted by Gasteiger charge is -2.07. The smallest absolute Gasteiger partial charge is 0.413 e. The Labute approximate surface area is 109 Å². The number of nitrogens with zero attached hydrogens (tertiary/aromatic N) is 1. The number of rotatable bonds is 2. The first-order valence-corrected chi connectivity index (χ1v) is 5.79. The third-order valence-corrected chi connectivity index (χ3v) is 2.40. The molecule has 1 aromatic carbocycles. The van der Waals surface area contributed by atoms with Crippen molar-refractivity contribution in [3.63, 3.8) is 0 Å². The number of carbonyl (C=O) groups is 1. The summed E-state index contributed by atoms with van der Waals surface area (Å²) in [5.41, 5.74) is 0.888. The maximum Gasteiger partial charge on any atom is 0.413 e. The lowest BCUT2D eigenvalue weighted by atomic mass is 10.2. The minimum atomic E-state index is -0.588. The summed E-state index contributed by atoms with van der Waals surface area (Å²) in [6.45, 7) is 2.01. The van der Waals surface area contributed by atoms with E-state index in [1.54, 1.807) is 6.92 Å². The number of anilines is 1. The molecule has 1 heterocycles. The molecule has 0 fully saturated rings. The Balaban J connectivity index is 2.05. The zero-order chi connectivity index (χ0) is 13.0. The molecule has 0 bridgehead atoms. The van der Waals surface area contributed by atoms with Crippen LogP contribution in [0, 0.1) is 0 Å². The molecule has 0 saturated heterocycles. The number of carbonyl (C=O) groups excluding carboxylic acids is 1. The minimum absolute atomic E-state index is 0.144. The van der Waals surface area contributed by atoms with E-state index in [2.05, 4.69) is 20.8 Å². The third kappa shape index (κ3) is 2.75. The SMILES string of the molecule is CCOC(=O)NC(=S)Nc1n[nH]c2ccccc12. The lowest BCUT2D eigenvalue weighted by Crippen LogP contribution is -2.34. The molecule has 2 aromatic rings. The predicted molar refractivity (Wildman–Crippen MR) is 72.5 cm³/mol. The van der Waals surface area contributed by atoms with Crippen LogP contribution in [0.2, 0.25) is 0 Å². The van der Waals surface area contributed by atoms with Gasteiger partial charge in [0.25, 0.3) is 0 Å². The van der Waals surface area contributed by atoms with E-state index < -0.39 is 6.09 Å². The Hall–Kier alpha value is -2.15. The van der Waals surface area contributed by atoms with E-state index in [4.69, 9.17) is 17.0 Å². The number of H-pyrrole nitrogens is 1. The number of hydrogen-bond acceptors (Lipinski definition) is 4. The molecule has 0 aliphatic rings. The Morgan fingerprint density at radius 2 is 2.28 bits per heavy atom. The van der Waals surface area contributed by atoms with Crippen molar-refractivity contribution >= 4 is 40.1 Å². The Kier molecular flexibility index (Phi) is 3.73. The molecule has 0 spiro atoms. The van der Waals surface area contributed by atoms with Gasteiger partial charge in [0.1, 0.15) is 0 Å². The number of aromatic nitrogens is 2. The number of benzene rings is 1. The van der Waals surface area contributed by atoms with Crippen molar-refractivity contribution in [2.24, 2.45) is 0 Å². The average molecular weight is 264 g/mol. The van der Waals surface area contributed by atoms with E-state index in [1.165, 1.54) is 0 Å². The van der Waals surface area contributed by atoms with Crippen molar-refractivity contribution in [3.8, 4) is 0 Å². The summed E-state index contributed by atoms with van der Waals surface area (Å²) >= 11 is 4.98. The van der Waals surface area contributed by atoms with Crippen molar-refractivity contribution < 1.29 is 9.53 Å². The van der Waals surface area contributed by atoms with Gasteiger partial charge in [0, 0.05) is 5.39 Å². The molecule has 0 atom stereocenters. The molecule has 7 heteroatoms. The van der Waals surface area contributed by atoms with Gasteiger partial charge in [0.05, 0.1) is 12.1 Å². The van der Waals surface area contributed by atoms with E-state index in [9.17, 15) is 4.79 Å². The van der Waals surface area contributed by atoms with E-state index in [1.807, 2.05) is 24.3 Å². The fourth-order valence-corrected chi connectivity index (χ4v) is 1.64. The summed E-state index contributed by atoms with van der Waals surface area (Å²) in [5.74, 6) is 0.562. The zero-order valence-corrected chi connectivity index (χ0v) is 10.5. The molecule has 3 N–H and O–H groups in total. The van der Waals surface area contributed by atoms with Crippen LogP contribution in [0.4, 0.5) is 10.6 Å². The van der Waals surface area contributed by atoms with Gasteiger partial charge in [-0.1, -0.05) is 12.1 Å². The summed E-state index contributed by atoms with van der Waals surface area (Å²) in [6.07, 6.45) is -0.588. The number of hydrogen-bond donors (Lipinski definition) is 3. The molecule has 18 heavy (non-hydrogen) atoms. The van der Waals surface area contributed by atoms with E-state index in [0.29, 0.717) is 12.4 Å². The number of alkyl carbamates (subject to hydrolysis) is 1. The second-order valence-electron chi connectivity index (χ2n) is 3.42. The molecule has 1 amide bonds. The second-order valence-corrected chi connectivity index (χ2v) is 3.83. The molecule has 0 aliphatic heterocycles. The summed E-state index contributed by atoms with van der Waals surface area (Å²) in [4.78, 5) is 11.2. The van der Waals surface area contributed by atoms with Crippen LogP contribution in [0.3, 0.4) is 0 Å². The summed E-state index contributed by atoms with van der Waals surface area (Å²) in [7, 11) is 0. The highest BCUT2D eigenvalue weighted by atomic mass is 32.1. The molecule has 0 aliphatic carbocycles. The van der Waals surface area contributed by atoms with Gasteiger partial charge in [0.2, 0.25) is 0 Å². The number of amides is 1. The van der Waals surface area contributed by atoms with Crippen LogP contribution in [0.1, 0.15) is 6.92 Å². The number of thiocarbonyl (C=S) groups is 1. The van der Waals surface area contributed by atoms with E-state index >= 15 is 0 Å². The molecule has 0 unspecified atom stereocenters. The van der Waals surface area contributed by atoms with Crippen LogP contribution in [0.15, 0.2) is 24.3 Å². The van der Waals surface area contributed by atoms with Crippen molar-refractivity contribution in [1.82, 2.24) is 15.5 Å². The van der Waals surface area contributed by atoms with Crippen LogP contribution in [0.5, 0.6) is 0 Å². The number of nitrogens with one attached hydrogen (secondary N) is 3. The Bertz CT molecular complexity index is 581. The van der Waals surface area contributed by atoms with Gasteiger partial charge in [-0.25, -0.2) is 4.79 Å². The van der Waals surface area contributed by atoms with Crippen LogP contribution in [-0.2, 0) is 4.74 Å². The monoisotopic (exact) mass is 264 g/mol. The molecular formula is C11H12N4O2S. The van der Waals surface area contributed by atoms with Crippen LogP contribution < -0.4 is 10.6 Å². The lowest BCUT2D eigenvalue weighted by molar-refractivity contribution is 0.158. The number of para-hydroxylation sites is 1. The average Bonchev–Trinajstić information content (AvgIpc) is 2.73.